The van der Waals surface area contributed by atoms with E-state index in [4.69, 9.17) is 10.5 Å². The first kappa shape index (κ1) is 15.9. The van der Waals surface area contributed by atoms with E-state index in [1.165, 1.54) is 25.0 Å². The Hall–Kier alpha value is -1.16. The summed E-state index contributed by atoms with van der Waals surface area (Å²) in [6, 6.07) is 0. The molecule has 0 aliphatic carbocycles. The van der Waals surface area contributed by atoms with E-state index in [1.807, 2.05) is 6.92 Å². The molecule has 0 aliphatic heterocycles. The standard InChI is InChI=1S/C10H20N4O4S/c1-4-14-6-9(10(11)12-14)19(16,17)13(2)5-8(15)7-18-3/h6,8,15H,4-5,7H2,1-3H3,(H2,11,12). The van der Waals surface area contributed by atoms with Gasteiger partial charge in [-0.1, -0.05) is 0 Å². The molecule has 0 saturated heterocycles. The lowest BCUT2D eigenvalue weighted by atomic mass is 10.4. The molecular formula is C10H20N4O4S. The minimum atomic E-state index is -3.76. The Labute approximate surface area is 112 Å². The lowest BCUT2D eigenvalue weighted by Gasteiger charge is -2.19. The van der Waals surface area contributed by atoms with Crippen LogP contribution in [0.25, 0.3) is 0 Å². The van der Waals surface area contributed by atoms with Crippen LogP contribution in [0.15, 0.2) is 11.1 Å². The monoisotopic (exact) mass is 292 g/mol. The summed E-state index contributed by atoms with van der Waals surface area (Å²) in [5, 5.41) is 13.5. The van der Waals surface area contributed by atoms with Gasteiger partial charge in [-0.2, -0.15) is 9.40 Å². The van der Waals surface area contributed by atoms with Gasteiger partial charge < -0.3 is 15.6 Å². The number of anilines is 1. The van der Waals surface area contributed by atoms with Gasteiger partial charge in [0.15, 0.2) is 5.82 Å². The number of nitrogen functional groups attached to an aromatic ring is 1. The molecule has 1 atom stereocenters. The molecule has 0 fully saturated rings. The van der Waals surface area contributed by atoms with Crippen LogP contribution in [0.4, 0.5) is 5.82 Å². The molecule has 110 valence electrons. The van der Waals surface area contributed by atoms with Crippen LogP contribution < -0.4 is 5.73 Å². The van der Waals surface area contributed by atoms with Gasteiger partial charge in [-0.05, 0) is 6.92 Å². The Morgan fingerprint density at radius 3 is 2.74 bits per heavy atom. The highest BCUT2D eigenvalue weighted by Crippen LogP contribution is 2.20. The number of aryl methyl sites for hydroxylation is 1. The predicted octanol–water partition coefficient (Wildman–Crippen LogP) is -0.887. The fraction of sp³-hybridized carbons (Fsp3) is 0.700. The van der Waals surface area contributed by atoms with Gasteiger partial charge in [-0.15, -0.1) is 0 Å². The number of methoxy groups -OCH3 is 1. The maximum Gasteiger partial charge on any atom is 0.248 e. The minimum Gasteiger partial charge on any atom is -0.389 e. The zero-order valence-electron chi connectivity index (χ0n) is 11.3. The third-order valence-corrected chi connectivity index (χ3v) is 4.43. The molecule has 8 nitrogen and oxygen atoms in total. The molecule has 0 aromatic carbocycles. The van der Waals surface area contributed by atoms with E-state index in [0.717, 1.165) is 4.31 Å². The summed E-state index contributed by atoms with van der Waals surface area (Å²) in [5.41, 5.74) is 5.61. The number of hydrogen-bond acceptors (Lipinski definition) is 6. The highest BCUT2D eigenvalue weighted by Gasteiger charge is 2.27. The van der Waals surface area contributed by atoms with Crippen LogP contribution in [0, 0.1) is 0 Å². The lowest BCUT2D eigenvalue weighted by molar-refractivity contribution is 0.0554. The van der Waals surface area contributed by atoms with Crippen LogP contribution in [0.1, 0.15) is 6.92 Å². The summed E-state index contributed by atoms with van der Waals surface area (Å²) in [4.78, 5) is -0.0542. The summed E-state index contributed by atoms with van der Waals surface area (Å²) in [6.45, 7) is 2.33. The number of rotatable bonds is 7. The van der Waals surface area contributed by atoms with E-state index in [2.05, 4.69) is 5.10 Å². The van der Waals surface area contributed by atoms with Crippen molar-refractivity contribution in [2.24, 2.45) is 0 Å². The van der Waals surface area contributed by atoms with E-state index in [0.29, 0.717) is 6.54 Å². The number of nitrogens with zero attached hydrogens (tertiary/aromatic N) is 3. The molecule has 1 unspecified atom stereocenters. The highest BCUT2D eigenvalue weighted by atomic mass is 32.2. The molecule has 0 aliphatic rings. The van der Waals surface area contributed by atoms with Crippen LogP contribution in [-0.4, -0.2) is 61.0 Å². The van der Waals surface area contributed by atoms with Gasteiger partial charge in [0.25, 0.3) is 0 Å². The number of aromatic nitrogens is 2. The Morgan fingerprint density at radius 2 is 2.26 bits per heavy atom. The average molecular weight is 292 g/mol. The molecule has 0 spiro atoms. The SMILES string of the molecule is CCn1cc(S(=O)(=O)N(C)CC(O)COC)c(N)n1. The molecule has 1 aromatic rings. The number of hydrogen-bond donors (Lipinski definition) is 2. The molecular weight excluding hydrogens is 272 g/mol. The van der Waals surface area contributed by atoms with Gasteiger partial charge in [-0.25, -0.2) is 8.42 Å². The predicted molar refractivity (Wildman–Crippen MR) is 70.0 cm³/mol. The third kappa shape index (κ3) is 3.66. The van der Waals surface area contributed by atoms with E-state index >= 15 is 0 Å². The van der Waals surface area contributed by atoms with E-state index < -0.39 is 16.1 Å². The Bertz CT molecular complexity index is 514. The average Bonchev–Trinajstić information content (AvgIpc) is 2.71. The van der Waals surface area contributed by atoms with Gasteiger partial charge in [-0.3, -0.25) is 4.68 Å². The molecule has 1 aromatic heterocycles. The second-order valence-corrected chi connectivity index (χ2v) is 6.14. The van der Waals surface area contributed by atoms with Crippen molar-refractivity contribution in [3.8, 4) is 0 Å². The van der Waals surface area contributed by atoms with Gasteiger partial charge in [0.1, 0.15) is 4.90 Å². The zero-order valence-corrected chi connectivity index (χ0v) is 12.1. The van der Waals surface area contributed by atoms with Gasteiger partial charge in [0, 0.05) is 33.4 Å². The van der Waals surface area contributed by atoms with Crippen LogP contribution in [-0.2, 0) is 21.3 Å². The Kier molecular flexibility index (Phi) is 5.29. The lowest BCUT2D eigenvalue weighted by Crippen LogP contribution is -2.36. The molecule has 0 bridgehead atoms. The molecule has 0 saturated carbocycles. The summed E-state index contributed by atoms with van der Waals surface area (Å²) in [7, 11) is -0.959. The number of aliphatic hydroxyl groups is 1. The topological polar surface area (TPSA) is 111 Å². The van der Waals surface area contributed by atoms with Gasteiger partial charge in [0.05, 0.1) is 12.7 Å². The largest absolute Gasteiger partial charge is 0.389 e. The van der Waals surface area contributed by atoms with E-state index in [9.17, 15) is 13.5 Å². The quantitative estimate of drug-likeness (QED) is 0.674. The Balaban J connectivity index is 2.93. The van der Waals surface area contributed by atoms with Crippen LogP contribution in [0.3, 0.4) is 0 Å². The first-order chi connectivity index (χ1) is 8.82. The van der Waals surface area contributed by atoms with Crippen molar-refractivity contribution < 1.29 is 18.3 Å². The third-order valence-electron chi connectivity index (χ3n) is 2.59. The molecule has 9 heteroatoms. The molecule has 0 amide bonds. The normalized spacial score (nSPS) is 13.9. The smallest absolute Gasteiger partial charge is 0.248 e. The summed E-state index contributed by atoms with van der Waals surface area (Å²) < 4.78 is 31.8. The first-order valence-electron chi connectivity index (χ1n) is 5.79. The van der Waals surface area contributed by atoms with Gasteiger partial charge >= 0.3 is 0 Å². The van der Waals surface area contributed by atoms with Crippen molar-refractivity contribution in [1.82, 2.24) is 14.1 Å². The molecule has 1 rings (SSSR count). The van der Waals surface area contributed by atoms with Crippen molar-refractivity contribution >= 4 is 15.8 Å². The number of likely N-dealkylation sites (N-methyl/N-ethyl adjacent to an activating group) is 1. The highest BCUT2D eigenvalue weighted by molar-refractivity contribution is 7.89. The number of aliphatic hydroxyl groups excluding tert-OH is 1. The number of sulfonamides is 1. The van der Waals surface area contributed by atoms with Crippen LogP contribution >= 0.6 is 0 Å². The summed E-state index contributed by atoms with van der Waals surface area (Å²) in [5.74, 6) is -0.0464. The van der Waals surface area contributed by atoms with Crippen molar-refractivity contribution in [1.29, 1.82) is 0 Å². The molecule has 3 N–H and O–H groups in total. The zero-order chi connectivity index (χ0) is 14.6. The number of ether oxygens (including phenoxy) is 1. The second kappa shape index (κ2) is 6.33. The first-order valence-corrected chi connectivity index (χ1v) is 7.23. The van der Waals surface area contributed by atoms with E-state index in [1.54, 1.807) is 0 Å². The fourth-order valence-electron chi connectivity index (χ4n) is 1.59. The van der Waals surface area contributed by atoms with Crippen molar-refractivity contribution in [2.75, 3.05) is 33.0 Å². The van der Waals surface area contributed by atoms with E-state index in [-0.39, 0.29) is 23.9 Å². The molecule has 0 radical (unpaired) electrons. The van der Waals surface area contributed by atoms with Crippen LogP contribution in [0.2, 0.25) is 0 Å². The van der Waals surface area contributed by atoms with Crippen molar-refractivity contribution in [3.05, 3.63) is 6.20 Å². The maximum absolute atomic E-state index is 12.3. The summed E-state index contributed by atoms with van der Waals surface area (Å²) in [6.07, 6.45) is 0.483. The van der Waals surface area contributed by atoms with Crippen molar-refractivity contribution in [3.63, 3.8) is 0 Å². The molecule has 1 heterocycles. The fourth-order valence-corrected chi connectivity index (χ4v) is 2.85. The van der Waals surface area contributed by atoms with Crippen molar-refractivity contribution in [2.45, 2.75) is 24.5 Å². The van der Waals surface area contributed by atoms with Gasteiger partial charge in [0.2, 0.25) is 10.0 Å². The minimum absolute atomic E-state index is 0.0464. The maximum atomic E-state index is 12.3. The summed E-state index contributed by atoms with van der Waals surface area (Å²) >= 11 is 0. The Morgan fingerprint density at radius 1 is 1.63 bits per heavy atom. The number of nitrogens with two attached hydrogens (primary N) is 1. The second-order valence-electron chi connectivity index (χ2n) is 4.13. The van der Waals surface area contributed by atoms with Crippen LogP contribution in [0.5, 0.6) is 0 Å². The molecule has 19 heavy (non-hydrogen) atoms.